The van der Waals surface area contributed by atoms with E-state index in [1.807, 2.05) is 0 Å². The first-order chi connectivity index (χ1) is 9.36. The number of aliphatic hydroxyl groups excluding tert-OH is 1. The van der Waals surface area contributed by atoms with Crippen LogP contribution in [0.5, 0.6) is 5.75 Å². The van der Waals surface area contributed by atoms with Gasteiger partial charge in [-0.2, -0.15) is 0 Å². The number of rotatable bonds is 4. The Bertz CT molecular complexity index is 707. The van der Waals surface area contributed by atoms with Gasteiger partial charge in [-0.1, -0.05) is 0 Å². The molecule has 2 rings (SSSR count). The van der Waals surface area contributed by atoms with Crippen molar-refractivity contribution in [3.05, 3.63) is 39.7 Å². The fourth-order valence-corrected chi connectivity index (χ4v) is 2.23. The van der Waals surface area contributed by atoms with Crippen LogP contribution in [0.25, 0.3) is 11.0 Å². The van der Waals surface area contributed by atoms with Crippen molar-refractivity contribution in [2.24, 2.45) is 0 Å². The number of benzene rings is 1. The first-order valence-electron chi connectivity index (χ1n) is 6.33. The summed E-state index contributed by atoms with van der Waals surface area (Å²) < 4.78 is 5.41. The van der Waals surface area contributed by atoms with Crippen molar-refractivity contribution < 1.29 is 19.4 Å². The Balaban J connectivity index is 2.52. The Morgan fingerprint density at radius 3 is 2.70 bits per heavy atom. The molecular formula is C15H16O5. The summed E-state index contributed by atoms with van der Waals surface area (Å²) in [5.74, 6) is 0.173. The van der Waals surface area contributed by atoms with Crippen molar-refractivity contribution in [1.82, 2.24) is 0 Å². The Labute approximate surface area is 115 Å². The van der Waals surface area contributed by atoms with Crippen LogP contribution in [-0.2, 0) is 11.2 Å². The molecule has 2 aromatic rings. The van der Waals surface area contributed by atoms with E-state index in [0.717, 1.165) is 0 Å². The lowest BCUT2D eigenvalue weighted by atomic mass is 10.0. The normalized spacial score (nSPS) is 12.6. The number of aromatic hydroxyl groups is 1. The van der Waals surface area contributed by atoms with Gasteiger partial charge in [0, 0.05) is 25.0 Å². The molecule has 1 aromatic carbocycles. The third-order valence-electron chi connectivity index (χ3n) is 2.93. The number of hydrogen-bond donors (Lipinski definition) is 2. The molecule has 1 atom stereocenters. The molecule has 20 heavy (non-hydrogen) atoms. The van der Waals surface area contributed by atoms with Gasteiger partial charge in [0.25, 0.3) is 0 Å². The zero-order valence-corrected chi connectivity index (χ0v) is 11.3. The molecule has 0 radical (unpaired) electrons. The second-order valence-corrected chi connectivity index (χ2v) is 4.97. The topological polar surface area (TPSA) is 87.7 Å². The van der Waals surface area contributed by atoms with Crippen LogP contribution in [0.3, 0.4) is 0 Å². The number of carbonyl (C=O) groups is 1. The molecule has 0 spiro atoms. The smallest absolute Gasteiger partial charge is 0.193 e. The van der Waals surface area contributed by atoms with Gasteiger partial charge >= 0.3 is 0 Å². The summed E-state index contributed by atoms with van der Waals surface area (Å²) in [4.78, 5) is 23.8. The number of phenolic OH excluding ortho intramolecular Hbond substituents is 1. The zero-order valence-electron chi connectivity index (χ0n) is 11.3. The van der Waals surface area contributed by atoms with Crippen molar-refractivity contribution in [2.45, 2.75) is 32.8 Å². The fourth-order valence-electron chi connectivity index (χ4n) is 2.23. The molecule has 0 aliphatic heterocycles. The summed E-state index contributed by atoms with van der Waals surface area (Å²) in [6.07, 6.45) is -0.748. The highest BCUT2D eigenvalue weighted by atomic mass is 16.3. The average molecular weight is 276 g/mol. The first kappa shape index (κ1) is 14.3. The lowest BCUT2D eigenvalue weighted by Gasteiger charge is -2.08. The number of ketones is 1. The first-order valence-corrected chi connectivity index (χ1v) is 6.33. The second kappa shape index (κ2) is 5.46. The van der Waals surface area contributed by atoms with Gasteiger partial charge in [0.15, 0.2) is 5.43 Å². The molecule has 5 heteroatoms. The molecule has 0 fully saturated rings. The Kier molecular flexibility index (Phi) is 3.90. The maximum Gasteiger partial charge on any atom is 0.193 e. The average Bonchev–Trinajstić information content (AvgIpc) is 2.24. The number of phenols is 1. The minimum absolute atomic E-state index is 0.00828. The summed E-state index contributed by atoms with van der Waals surface area (Å²) in [5.41, 5.74) is 0.429. The standard InChI is InChI=1S/C15H16O5/c1-8(16)3-11(17)5-10-6-12(18)7-14-15(10)13(19)4-9(2)20-14/h4,6-8,16,18H,3,5H2,1-2H3. The van der Waals surface area contributed by atoms with Crippen LogP contribution in [0, 0.1) is 6.92 Å². The highest BCUT2D eigenvalue weighted by Crippen LogP contribution is 2.24. The van der Waals surface area contributed by atoms with Crippen LogP contribution in [-0.4, -0.2) is 22.1 Å². The third-order valence-corrected chi connectivity index (χ3v) is 2.93. The molecule has 1 aromatic heterocycles. The van der Waals surface area contributed by atoms with Crippen molar-refractivity contribution >= 4 is 16.8 Å². The van der Waals surface area contributed by atoms with Gasteiger partial charge in [-0.15, -0.1) is 0 Å². The summed E-state index contributed by atoms with van der Waals surface area (Å²) in [6, 6.07) is 4.09. The maximum absolute atomic E-state index is 12.0. The number of carbonyl (C=O) groups excluding carboxylic acids is 1. The van der Waals surface area contributed by atoms with Crippen LogP contribution < -0.4 is 5.43 Å². The second-order valence-electron chi connectivity index (χ2n) is 4.97. The molecule has 1 heterocycles. The van der Waals surface area contributed by atoms with Gasteiger partial charge in [0.2, 0.25) is 0 Å². The van der Waals surface area contributed by atoms with Crippen molar-refractivity contribution in [1.29, 1.82) is 0 Å². The largest absolute Gasteiger partial charge is 0.508 e. The minimum atomic E-state index is -0.732. The van der Waals surface area contributed by atoms with Gasteiger partial charge in [-0.3, -0.25) is 9.59 Å². The number of fused-ring (bicyclic) bond motifs is 1. The number of Topliss-reactive ketones (excluding diaryl/α,β-unsaturated/α-hetero) is 1. The summed E-state index contributed by atoms with van der Waals surface area (Å²) >= 11 is 0. The monoisotopic (exact) mass is 276 g/mol. The zero-order chi connectivity index (χ0) is 14.9. The highest BCUT2D eigenvalue weighted by molar-refractivity contribution is 5.89. The lowest BCUT2D eigenvalue weighted by molar-refractivity contribution is -0.120. The molecule has 0 saturated carbocycles. The quantitative estimate of drug-likeness (QED) is 0.887. The lowest BCUT2D eigenvalue weighted by Crippen LogP contribution is -2.13. The molecule has 0 amide bonds. The van der Waals surface area contributed by atoms with Crippen LogP contribution in [0.15, 0.2) is 27.4 Å². The van der Waals surface area contributed by atoms with Crippen LogP contribution in [0.1, 0.15) is 24.7 Å². The molecule has 0 aliphatic rings. The van der Waals surface area contributed by atoms with E-state index in [0.29, 0.717) is 16.7 Å². The number of aryl methyl sites for hydroxylation is 1. The van der Waals surface area contributed by atoms with E-state index in [-0.39, 0.29) is 35.4 Å². The molecule has 5 nitrogen and oxygen atoms in total. The van der Waals surface area contributed by atoms with Gasteiger partial charge < -0.3 is 14.6 Å². The van der Waals surface area contributed by atoms with E-state index in [2.05, 4.69) is 0 Å². The van der Waals surface area contributed by atoms with Crippen LogP contribution in [0.2, 0.25) is 0 Å². The summed E-state index contributed by atoms with van der Waals surface area (Å²) in [6.45, 7) is 3.17. The summed E-state index contributed by atoms with van der Waals surface area (Å²) in [5, 5.41) is 19.2. The van der Waals surface area contributed by atoms with Crippen molar-refractivity contribution in [2.75, 3.05) is 0 Å². The molecule has 0 bridgehead atoms. The minimum Gasteiger partial charge on any atom is -0.508 e. The highest BCUT2D eigenvalue weighted by Gasteiger charge is 2.14. The summed E-state index contributed by atoms with van der Waals surface area (Å²) in [7, 11) is 0. The Morgan fingerprint density at radius 2 is 2.05 bits per heavy atom. The molecule has 1 unspecified atom stereocenters. The van der Waals surface area contributed by atoms with Gasteiger partial charge in [0.1, 0.15) is 22.9 Å². The van der Waals surface area contributed by atoms with Gasteiger partial charge in [-0.05, 0) is 25.5 Å². The fraction of sp³-hybridized carbons (Fsp3) is 0.333. The molecular weight excluding hydrogens is 260 g/mol. The third kappa shape index (κ3) is 3.05. The molecule has 0 saturated heterocycles. The molecule has 0 aliphatic carbocycles. The maximum atomic E-state index is 12.0. The van der Waals surface area contributed by atoms with E-state index in [9.17, 15) is 19.8 Å². The van der Waals surface area contributed by atoms with E-state index >= 15 is 0 Å². The predicted octanol–water partition coefficient (Wildman–Crippen LogP) is 1.69. The van der Waals surface area contributed by atoms with E-state index in [1.165, 1.54) is 25.1 Å². The van der Waals surface area contributed by atoms with E-state index in [1.54, 1.807) is 6.92 Å². The van der Waals surface area contributed by atoms with E-state index < -0.39 is 6.10 Å². The van der Waals surface area contributed by atoms with Gasteiger partial charge in [0.05, 0.1) is 11.5 Å². The van der Waals surface area contributed by atoms with Crippen molar-refractivity contribution in [3.8, 4) is 5.75 Å². The Morgan fingerprint density at radius 1 is 1.35 bits per heavy atom. The molecule has 2 N–H and O–H groups in total. The Hall–Kier alpha value is -2.14. The SMILES string of the molecule is Cc1cc(=O)c2c(CC(=O)CC(C)O)cc(O)cc2o1. The van der Waals surface area contributed by atoms with Crippen LogP contribution >= 0.6 is 0 Å². The van der Waals surface area contributed by atoms with E-state index in [4.69, 9.17) is 4.42 Å². The van der Waals surface area contributed by atoms with Crippen LogP contribution in [0.4, 0.5) is 0 Å². The van der Waals surface area contributed by atoms with Crippen molar-refractivity contribution in [3.63, 3.8) is 0 Å². The number of hydrogen-bond acceptors (Lipinski definition) is 5. The molecule has 106 valence electrons. The number of aliphatic hydroxyl groups is 1. The van der Waals surface area contributed by atoms with Gasteiger partial charge in [-0.25, -0.2) is 0 Å². The predicted molar refractivity (Wildman–Crippen MR) is 73.9 cm³/mol.